The minimum atomic E-state index is -0.0882. The summed E-state index contributed by atoms with van der Waals surface area (Å²) in [4.78, 5) is 14.5. The number of nitrogens with one attached hydrogen (secondary N) is 2. The van der Waals surface area contributed by atoms with Gasteiger partial charge in [0.25, 0.3) is 0 Å². The first kappa shape index (κ1) is 13.5. The van der Waals surface area contributed by atoms with Gasteiger partial charge in [0.15, 0.2) is 0 Å². The van der Waals surface area contributed by atoms with Crippen LogP contribution in [-0.4, -0.2) is 38.1 Å². The lowest BCUT2D eigenvalue weighted by Gasteiger charge is -2.11. The number of thiophene rings is 1. The number of amides is 2. The Kier molecular flexibility index (Phi) is 5.46. The fourth-order valence-electron chi connectivity index (χ4n) is 1.16. The van der Waals surface area contributed by atoms with Crippen molar-refractivity contribution in [3.05, 3.63) is 21.9 Å². The standard InChI is InChI=1S/C11H16N4OS/c1-15(2)11(16)14-6-5-13-8-10-4-3-9(7-12)17-10/h3-4,13H,5-6,8H2,1-2H3,(H,14,16). The molecule has 0 atom stereocenters. The molecule has 0 aromatic carbocycles. The Hall–Kier alpha value is -1.58. The van der Waals surface area contributed by atoms with Crippen LogP contribution >= 0.6 is 11.3 Å². The molecule has 0 saturated heterocycles. The van der Waals surface area contributed by atoms with E-state index in [1.54, 1.807) is 14.1 Å². The van der Waals surface area contributed by atoms with Crippen LogP contribution in [0.25, 0.3) is 0 Å². The van der Waals surface area contributed by atoms with Crippen LogP contribution in [0.4, 0.5) is 4.79 Å². The van der Waals surface area contributed by atoms with Gasteiger partial charge in [0.1, 0.15) is 10.9 Å². The molecule has 92 valence electrons. The average molecular weight is 252 g/mol. The smallest absolute Gasteiger partial charge is 0.316 e. The Bertz CT molecular complexity index is 408. The molecule has 0 spiro atoms. The van der Waals surface area contributed by atoms with E-state index in [0.29, 0.717) is 13.1 Å². The van der Waals surface area contributed by atoms with E-state index in [2.05, 4.69) is 16.7 Å². The SMILES string of the molecule is CN(C)C(=O)NCCNCc1ccc(C#N)s1. The van der Waals surface area contributed by atoms with Gasteiger partial charge >= 0.3 is 6.03 Å². The van der Waals surface area contributed by atoms with Crippen molar-refractivity contribution in [3.8, 4) is 6.07 Å². The predicted octanol–water partition coefficient (Wildman–Crippen LogP) is 0.981. The zero-order chi connectivity index (χ0) is 12.7. The molecule has 17 heavy (non-hydrogen) atoms. The van der Waals surface area contributed by atoms with Crippen molar-refractivity contribution in [2.24, 2.45) is 0 Å². The summed E-state index contributed by atoms with van der Waals surface area (Å²) in [5, 5.41) is 14.6. The molecule has 6 heteroatoms. The number of hydrogen-bond acceptors (Lipinski definition) is 4. The Morgan fingerprint density at radius 1 is 1.47 bits per heavy atom. The third kappa shape index (κ3) is 4.85. The van der Waals surface area contributed by atoms with Crippen molar-refractivity contribution >= 4 is 17.4 Å². The van der Waals surface area contributed by atoms with Crippen molar-refractivity contribution < 1.29 is 4.79 Å². The summed E-state index contributed by atoms with van der Waals surface area (Å²) in [6.07, 6.45) is 0. The van der Waals surface area contributed by atoms with Gasteiger partial charge in [0, 0.05) is 38.6 Å². The second kappa shape index (κ2) is 6.89. The maximum absolute atomic E-state index is 11.2. The summed E-state index contributed by atoms with van der Waals surface area (Å²) in [5.41, 5.74) is 0. The normalized spacial score (nSPS) is 9.71. The summed E-state index contributed by atoms with van der Waals surface area (Å²) in [6, 6.07) is 5.77. The lowest BCUT2D eigenvalue weighted by atomic mass is 10.4. The van der Waals surface area contributed by atoms with Crippen LogP contribution in [0.2, 0.25) is 0 Å². The molecule has 5 nitrogen and oxygen atoms in total. The van der Waals surface area contributed by atoms with Crippen LogP contribution in [0.3, 0.4) is 0 Å². The van der Waals surface area contributed by atoms with Gasteiger partial charge in [-0.1, -0.05) is 0 Å². The number of carbonyl (C=O) groups is 1. The highest BCUT2D eigenvalue weighted by Crippen LogP contribution is 2.14. The molecule has 2 N–H and O–H groups in total. The molecule has 1 aromatic heterocycles. The van der Waals surface area contributed by atoms with Gasteiger partial charge in [0.2, 0.25) is 0 Å². The molecule has 1 heterocycles. The van der Waals surface area contributed by atoms with Gasteiger partial charge in [-0.25, -0.2) is 4.79 Å². The number of nitrogens with zero attached hydrogens (tertiary/aromatic N) is 2. The number of rotatable bonds is 5. The van der Waals surface area contributed by atoms with Gasteiger partial charge in [0.05, 0.1) is 0 Å². The van der Waals surface area contributed by atoms with Crippen molar-refractivity contribution in [1.29, 1.82) is 5.26 Å². The fraction of sp³-hybridized carbons (Fsp3) is 0.455. The first-order valence-corrected chi connectivity index (χ1v) is 6.10. The highest BCUT2D eigenvalue weighted by Gasteiger charge is 2.01. The average Bonchev–Trinajstić information content (AvgIpc) is 2.76. The number of carbonyl (C=O) groups excluding carboxylic acids is 1. The van der Waals surface area contributed by atoms with E-state index in [0.717, 1.165) is 16.3 Å². The minimum absolute atomic E-state index is 0.0882. The molecule has 0 radical (unpaired) electrons. The van der Waals surface area contributed by atoms with Gasteiger partial charge in [-0.2, -0.15) is 5.26 Å². The summed E-state index contributed by atoms with van der Waals surface area (Å²) < 4.78 is 0. The Morgan fingerprint density at radius 3 is 2.82 bits per heavy atom. The van der Waals surface area contributed by atoms with Crippen LogP contribution in [0.1, 0.15) is 9.75 Å². The van der Waals surface area contributed by atoms with Crippen molar-refractivity contribution in [1.82, 2.24) is 15.5 Å². The first-order chi connectivity index (χ1) is 8.13. The summed E-state index contributed by atoms with van der Waals surface area (Å²) in [6.45, 7) is 2.02. The molecular formula is C11H16N4OS. The van der Waals surface area contributed by atoms with E-state index in [1.165, 1.54) is 16.2 Å². The largest absolute Gasteiger partial charge is 0.337 e. The van der Waals surface area contributed by atoms with Gasteiger partial charge in [-0.05, 0) is 12.1 Å². The van der Waals surface area contributed by atoms with E-state index in [1.807, 2.05) is 12.1 Å². The summed E-state index contributed by atoms with van der Waals surface area (Å²) in [5.74, 6) is 0. The van der Waals surface area contributed by atoms with Crippen LogP contribution in [0.5, 0.6) is 0 Å². The Morgan fingerprint density at radius 2 is 2.24 bits per heavy atom. The molecule has 2 amide bonds. The topological polar surface area (TPSA) is 68.2 Å². The van der Waals surface area contributed by atoms with Crippen LogP contribution in [0, 0.1) is 11.3 Å². The molecule has 0 aliphatic carbocycles. The lowest BCUT2D eigenvalue weighted by Crippen LogP contribution is -2.38. The Labute approximate surface area is 105 Å². The van der Waals surface area contributed by atoms with Crippen LogP contribution in [-0.2, 0) is 6.54 Å². The highest BCUT2D eigenvalue weighted by atomic mass is 32.1. The fourth-order valence-corrected chi connectivity index (χ4v) is 1.94. The molecule has 0 bridgehead atoms. The molecule has 0 saturated carbocycles. The monoisotopic (exact) mass is 252 g/mol. The lowest BCUT2D eigenvalue weighted by molar-refractivity contribution is 0.217. The first-order valence-electron chi connectivity index (χ1n) is 5.28. The van der Waals surface area contributed by atoms with Gasteiger partial charge in [-0.15, -0.1) is 11.3 Å². The number of urea groups is 1. The minimum Gasteiger partial charge on any atom is -0.337 e. The molecular weight excluding hydrogens is 236 g/mol. The second-order valence-corrected chi connectivity index (χ2v) is 4.85. The molecule has 1 rings (SSSR count). The third-order valence-electron chi connectivity index (χ3n) is 2.06. The zero-order valence-corrected chi connectivity index (χ0v) is 10.8. The summed E-state index contributed by atoms with van der Waals surface area (Å²) >= 11 is 1.48. The predicted molar refractivity (Wildman–Crippen MR) is 67.8 cm³/mol. The quantitative estimate of drug-likeness (QED) is 0.768. The van der Waals surface area contributed by atoms with Crippen LogP contribution in [0.15, 0.2) is 12.1 Å². The van der Waals surface area contributed by atoms with E-state index in [9.17, 15) is 4.79 Å². The zero-order valence-electron chi connectivity index (χ0n) is 9.99. The van der Waals surface area contributed by atoms with E-state index in [4.69, 9.17) is 5.26 Å². The number of nitriles is 1. The molecule has 0 aliphatic heterocycles. The second-order valence-electron chi connectivity index (χ2n) is 3.68. The maximum atomic E-state index is 11.2. The highest BCUT2D eigenvalue weighted by molar-refractivity contribution is 7.12. The summed E-state index contributed by atoms with van der Waals surface area (Å²) in [7, 11) is 3.41. The van der Waals surface area contributed by atoms with Crippen molar-refractivity contribution in [2.75, 3.05) is 27.2 Å². The third-order valence-corrected chi connectivity index (χ3v) is 3.05. The van der Waals surface area contributed by atoms with E-state index >= 15 is 0 Å². The van der Waals surface area contributed by atoms with E-state index in [-0.39, 0.29) is 6.03 Å². The molecule has 0 fully saturated rings. The van der Waals surface area contributed by atoms with Crippen molar-refractivity contribution in [3.63, 3.8) is 0 Å². The van der Waals surface area contributed by atoms with Gasteiger partial charge < -0.3 is 15.5 Å². The van der Waals surface area contributed by atoms with Crippen LogP contribution < -0.4 is 10.6 Å². The Balaban J connectivity index is 2.12. The van der Waals surface area contributed by atoms with E-state index < -0.39 is 0 Å². The molecule has 0 unspecified atom stereocenters. The number of hydrogen-bond donors (Lipinski definition) is 2. The van der Waals surface area contributed by atoms with Gasteiger partial charge in [-0.3, -0.25) is 0 Å². The molecule has 0 aliphatic rings. The molecule has 1 aromatic rings. The maximum Gasteiger partial charge on any atom is 0.316 e. The van der Waals surface area contributed by atoms with Crippen molar-refractivity contribution in [2.45, 2.75) is 6.54 Å².